The van der Waals surface area contributed by atoms with Crippen LogP contribution < -0.4 is 5.32 Å². The van der Waals surface area contributed by atoms with Gasteiger partial charge < -0.3 is 14.6 Å². The molecule has 0 fully saturated rings. The van der Waals surface area contributed by atoms with Crippen molar-refractivity contribution in [2.24, 2.45) is 7.05 Å². The summed E-state index contributed by atoms with van der Waals surface area (Å²) in [7, 11) is 1.98. The number of rotatable bonds is 5. The number of aryl methyl sites for hydroxylation is 1. The van der Waals surface area contributed by atoms with E-state index in [1.165, 1.54) is 0 Å². The zero-order chi connectivity index (χ0) is 16.2. The van der Waals surface area contributed by atoms with E-state index in [4.69, 9.17) is 4.74 Å². The van der Waals surface area contributed by atoms with E-state index in [1.807, 2.05) is 79.3 Å². The molecule has 0 bridgehead atoms. The van der Waals surface area contributed by atoms with Crippen LogP contribution in [0.2, 0.25) is 0 Å². The number of carbonyl (C=O) groups excluding carboxylic acids is 1. The highest BCUT2D eigenvalue weighted by Gasteiger charge is 2.25. The summed E-state index contributed by atoms with van der Waals surface area (Å²) in [5.74, 6) is -0.271. The first-order chi connectivity index (χ1) is 11.2. The minimum Gasteiger partial charge on any atom is -0.464 e. The summed E-state index contributed by atoms with van der Waals surface area (Å²) in [6.45, 7) is 2.18. The number of ether oxygens (including phenoxy) is 1. The lowest BCUT2D eigenvalue weighted by Crippen LogP contribution is -2.23. The molecule has 1 atom stereocenters. The molecule has 1 heterocycles. The van der Waals surface area contributed by atoms with Gasteiger partial charge in [-0.2, -0.15) is 0 Å². The maximum Gasteiger partial charge on any atom is 0.333 e. The molecule has 0 spiro atoms. The van der Waals surface area contributed by atoms with Crippen LogP contribution in [0.4, 0.5) is 5.69 Å². The quantitative estimate of drug-likeness (QED) is 0.727. The van der Waals surface area contributed by atoms with Crippen LogP contribution >= 0.6 is 0 Å². The zero-order valence-electron chi connectivity index (χ0n) is 13.3. The number of para-hydroxylation sites is 2. The van der Waals surface area contributed by atoms with Gasteiger partial charge >= 0.3 is 5.97 Å². The minimum atomic E-state index is -0.538. The second-order valence-corrected chi connectivity index (χ2v) is 5.41. The molecule has 0 aliphatic rings. The molecule has 0 radical (unpaired) electrons. The molecule has 23 heavy (non-hydrogen) atoms. The molecule has 4 heteroatoms. The van der Waals surface area contributed by atoms with E-state index in [-0.39, 0.29) is 5.97 Å². The highest BCUT2D eigenvalue weighted by atomic mass is 16.5. The van der Waals surface area contributed by atoms with Gasteiger partial charge in [0.25, 0.3) is 0 Å². The molecule has 3 aromatic rings. The number of fused-ring (bicyclic) bond motifs is 1. The average Bonchev–Trinajstić information content (AvgIpc) is 2.91. The van der Waals surface area contributed by atoms with Crippen molar-refractivity contribution >= 4 is 22.6 Å². The van der Waals surface area contributed by atoms with Gasteiger partial charge in [-0.3, -0.25) is 0 Å². The largest absolute Gasteiger partial charge is 0.464 e. The molecule has 4 nitrogen and oxygen atoms in total. The van der Waals surface area contributed by atoms with E-state index < -0.39 is 6.04 Å². The Balaban J connectivity index is 2.05. The molecular formula is C19H20N2O2. The van der Waals surface area contributed by atoms with Crippen LogP contribution in [0, 0.1) is 0 Å². The first-order valence-corrected chi connectivity index (χ1v) is 7.73. The molecule has 0 amide bonds. The van der Waals surface area contributed by atoms with E-state index in [1.54, 1.807) is 0 Å². The monoisotopic (exact) mass is 308 g/mol. The van der Waals surface area contributed by atoms with Gasteiger partial charge in [0, 0.05) is 35.4 Å². The third-order valence-corrected chi connectivity index (χ3v) is 3.85. The topological polar surface area (TPSA) is 43.3 Å². The van der Waals surface area contributed by atoms with Crippen LogP contribution in [-0.2, 0) is 16.6 Å². The van der Waals surface area contributed by atoms with Gasteiger partial charge in [0.15, 0.2) is 6.04 Å². The standard InChI is InChI=1S/C19H20N2O2/c1-3-23-19(22)18(20-14-9-5-4-6-10-14)16-13-21(2)17-12-8-7-11-15(16)17/h4-13,18,20H,3H2,1-2H3. The van der Waals surface area contributed by atoms with Crippen LogP contribution in [0.3, 0.4) is 0 Å². The van der Waals surface area contributed by atoms with E-state index in [0.717, 1.165) is 22.2 Å². The molecule has 0 aliphatic heterocycles. The number of anilines is 1. The predicted molar refractivity (Wildman–Crippen MR) is 92.4 cm³/mol. The number of aromatic nitrogens is 1. The molecule has 1 unspecified atom stereocenters. The Morgan fingerprint density at radius 1 is 1.13 bits per heavy atom. The molecular weight excluding hydrogens is 288 g/mol. The molecule has 3 rings (SSSR count). The van der Waals surface area contributed by atoms with Crippen LogP contribution in [0.15, 0.2) is 60.8 Å². The summed E-state index contributed by atoms with van der Waals surface area (Å²) in [4.78, 5) is 12.5. The fourth-order valence-electron chi connectivity index (χ4n) is 2.79. The summed E-state index contributed by atoms with van der Waals surface area (Å²) < 4.78 is 7.31. The Morgan fingerprint density at radius 2 is 1.83 bits per heavy atom. The smallest absolute Gasteiger partial charge is 0.333 e. The fourth-order valence-corrected chi connectivity index (χ4v) is 2.79. The Labute approximate surface area is 135 Å². The minimum absolute atomic E-state index is 0.271. The van der Waals surface area contributed by atoms with Crippen molar-refractivity contribution in [1.82, 2.24) is 4.57 Å². The Morgan fingerprint density at radius 3 is 2.57 bits per heavy atom. The first-order valence-electron chi connectivity index (χ1n) is 7.73. The highest BCUT2D eigenvalue weighted by molar-refractivity contribution is 5.91. The lowest BCUT2D eigenvalue weighted by atomic mass is 10.1. The molecule has 0 saturated heterocycles. The molecule has 1 N–H and O–H groups in total. The Kier molecular flexibility index (Phi) is 4.33. The zero-order valence-corrected chi connectivity index (χ0v) is 13.3. The molecule has 0 aliphatic carbocycles. The van der Waals surface area contributed by atoms with Gasteiger partial charge in [0.1, 0.15) is 0 Å². The SMILES string of the molecule is CCOC(=O)C(Nc1ccccc1)c1cn(C)c2ccccc12. The summed E-state index contributed by atoms with van der Waals surface area (Å²) in [5.41, 5.74) is 2.90. The van der Waals surface area contributed by atoms with Gasteiger partial charge in [-0.1, -0.05) is 36.4 Å². The van der Waals surface area contributed by atoms with Crippen LogP contribution in [0.5, 0.6) is 0 Å². The van der Waals surface area contributed by atoms with Gasteiger partial charge in [0.2, 0.25) is 0 Å². The highest BCUT2D eigenvalue weighted by Crippen LogP contribution is 2.29. The van der Waals surface area contributed by atoms with Gasteiger partial charge in [-0.05, 0) is 25.1 Å². The Hall–Kier alpha value is -2.75. The first kappa shape index (κ1) is 15.2. The second kappa shape index (κ2) is 6.57. The normalized spacial score (nSPS) is 12.1. The van der Waals surface area contributed by atoms with Crippen molar-refractivity contribution in [2.45, 2.75) is 13.0 Å². The van der Waals surface area contributed by atoms with Crippen molar-refractivity contribution in [2.75, 3.05) is 11.9 Å². The third kappa shape index (κ3) is 3.06. The summed E-state index contributed by atoms with van der Waals surface area (Å²) in [5, 5.41) is 4.35. The number of hydrogen-bond donors (Lipinski definition) is 1. The fraction of sp³-hybridized carbons (Fsp3) is 0.211. The summed E-state index contributed by atoms with van der Waals surface area (Å²) in [6, 6.07) is 17.2. The van der Waals surface area contributed by atoms with Gasteiger partial charge in [0.05, 0.1) is 6.61 Å². The van der Waals surface area contributed by atoms with Crippen molar-refractivity contribution < 1.29 is 9.53 Å². The van der Waals surface area contributed by atoms with Gasteiger partial charge in [-0.25, -0.2) is 4.79 Å². The van der Waals surface area contributed by atoms with E-state index in [0.29, 0.717) is 6.61 Å². The number of nitrogens with zero attached hydrogens (tertiary/aromatic N) is 1. The summed E-state index contributed by atoms with van der Waals surface area (Å²) >= 11 is 0. The molecule has 118 valence electrons. The van der Waals surface area contributed by atoms with Crippen LogP contribution in [-0.4, -0.2) is 17.1 Å². The summed E-state index contributed by atoms with van der Waals surface area (Å²) in [6.07, 6.45) is 1.99. The number of hydrogen-bond acceptors (Lipinski definition) is 3. The third-order valence-electron chi connectivity index (χ3n) is 3.85. The van der Waals surface area contributed by atoms with Gasteiger partial charge in [-0.15, -0.1) is 0 Å². The van der Waals surface area contributed by atoms with E-state index in [9.17, 15) is 4.79 Å². The number of carbonyl (C=O) groups is 1. The number of benzene rings is 2. The predicted octanol–water partition coefficient (Wildman–Crippen LogP) is 3.89. The van der Waals surface area contributed by atoms with E-state index >= 15 is 0 Å². The molecule has 1 aromatic heterocycles. The lowest BCUT2D eigenvalue weighted by Gasteiger charge is -2.18. The Bertz CT molecular complexity index is 809. The van der Waals surface area contributed by atoms with E-state index in [2.05, 4.69) is 5.32 Å². The lowest BCUT2D eigenvalue weighted by molar-refractivity contribution is -0.144. The second-order valence-electron chi connectivity index (χ2n) is 5.41. The average molecular weight is 308 g/mol. The molecule has 2 aromatic carbocycles. The maximum absolute atomic E-state index is 12.5. The van der Waals surface area contributed by atoms with Crippen molar-refractivity contribution in [3.63, 3.8) is 0 Å². The number of nitrogens with one attached hydrogen (secondary N) is 1. The number of esters is 1. The van der Waals surface area contributed by atoms with Crippen LogP contribution in [0.25, 0.3) is 10.9 Å². The van der Waals surface area contributed by atoms with Crippen LogP contribution in [0.1, 0.15) is 18.5 Å². The van der Waals surface area contributed by atoms with Crippen molar-refractivity contribution in [3.8, 4) is 0 Å². The van der Waals surface area contributed by atoms with Crippen molar-refractivity contribution in [3.05, 3.63) is 66.4 Å². The maximum atomic E-state index is 12.5. The molecule has 0 saturated carbocycles. The van der Waals surface area contributed by atoms with Crippen molar-refractivity contribution in [1.29, 1.82) is 0 Å².